The molecule has 0 aliphatic carbocycles. The Labute approximate surface area is 104 Å². The summed E-state index contributed by atoms with van der Waals surface area (Å²) < 4.78 is 0. The van der Waals surface area contributed by atoms with Crippen LogP contribution in [0.25, 0.3) is 0 Å². The third kappa shape index (κ3) is 5.92. The van der Waals surface area contributed by atoms with E-state index in [0.717, 1.165) is 12.0 Å². The fourth-order valence-electron chi connectivity index (χ4n) is 1.42. The van der Waals surface area contributed by atoms with Crippen molar-refractivity contribution >= 4 is 5.84 Å². The number of hydrazone groups is 1. The van der Waals surface area contributed by atoms with E-state index in [1.54, 1.807) is 0 Å². The van der Waals surface area contributed by atoms with Crippen LogP contribution >= 0.6 is 0 Å². The predicted octanol–water partition coefficient (Wildman–Crippen LogP) is 1.99. The van der Waals surface area contributed by atoms with Crippen LogP contribution in [0, 0.1) is 5.92 Å². The highest BCUT2D eigenvalue weighted by atomic mass is 15.5. The Morgan fingerprint density at radius 1 is 1.24 bits per heavy atom. The molecule has 17 heavy (non-hydrogen) atoms. The Morgan fingerprint density at radius 2 is 1.76 bits per heavy atom. The van der Waals surface area contributed by atoms with E-state index in [1.165, 1.54) is 5.56 Å². The maximum Gasteiger partial charge on any atom is 0.152 e. The van der Waals surface area contributed by atoms with Crippen LogP contribution < -0.4 is 17.1 Å². The van der Waals surface area contributed by atoms with Gasteiger partial charge in [0.05, 0.1) is 0 Å². The average Bonchev–Trinajstić information content (AvgIpc) is 2.32. The molecule has 0 amide bonds. The molecule has 1 rings (SSSR count). The van der Waals surface area contributed by atoms with Gasteiger partial charge < -0.3 is 5.73 Å². The van der Waals surface area contributed by atoms with Gasteiger partial charge >= 0.3 is 0 Å². The van der Waals surface area contributed by atoms with Crippen molar-refractivity contribution in [3.8, 4) is 0 Å². The molecule has 1 aromatic rings. The zero-order chi connectivity index (χ0) is 13.3. The molecular formula is C13H24N4. The molecule has 0 atom stereocenters. The lowest BCUT2D eigenvalue weighted by atomic mass is 10.0. The number of hydrogen-bond donors (Lipinski definition) is 3. The fourth-order valence-corrected chi connectivity index (χ4v) is 1.42. The molecule has 0 aromatic heterocycles. The van der Waals surface area contributed by atoms with Crippen LogP contribution in [0.3, 0.4) is 0 Å². The highest BCUT2D eigenvalue weighted by Gasteiger charge is 2.00. The first kappa shape index (κ1) is 15.4. The molecule has 0 fully saturated rings. The standard InChI is InChI=1S/C11H18N4.C2H6/c1-8(2)7-9-3-5-10(6-4-9)11(12)14-15-13;1-2/h3-6,8,15H,7,13H2,1-2H3,(H2,12,14);1-2H3. The number of nitrogens with zero attached hydrogens (tertiary/aromatic N) is 1. The predicted molar refractivity (Wildman–Crippen MR) is 74.4 cm³/mol. The summed E-state index contributed by atoms with van der Waals surface area (Å²) in [7, 11) is 0. The van der Waals surface area contributed by atoms with Crippen molar-refractivity contribution in [1.82, 2.24) is 5.53 Å². The molecule has 0 saturated carbocycles. The molecule has 0 unspecified atom stereocenters. The summed E-state index contributed by atoms with van der Waals surface area (Å²) in [6.45, 7) is 8.39. The Bertz CT molecular complexity index is 328. The molecule has 0 bridgehead atoms. The molecule has 0 heterocycles. The van der Waals surface area contributed by atoms with Gasteiger partial charge in [-0.2, -0.15) is 0 Å². The van der Waals surface area contributed by atoms with Crippen LogP contribution in [-0.4, -0.2) is 5.84 Å². The molecular weight excluding hydrogens is 212 g/mol. The van der Waals surface area contributed by atoms with E-state index in [1.807, 2.05) is 26.0 Å². The number of hydrogen-bond acceptors (Lipinski definition) is 3. The van der Waals surface area contributed by atoms with E-state index >= 15 is 0 Å². The van der Waals surface area contributed by atoms with Gasteiger partial charge in [-0.25, -0.2) is 11.4 Å². The minimum Gasteiger partial charge on any atom is -0.382 e. The van der Waals surface area contributed by atoms with Gasteiger partial charge in [0.15, 0.2) is 5.84 Å². The van der Waals surface area contributed by atoms with E-state index in [4.69, 9.17) is 11.6 Å². The van der Waals surface area contributed by atoms with Crippen molar-refractivity contribution in [1.29, 1.82) is 0 Å². The number of nitrogens with two attached hydrogens (primary N) is 2. The molecule has 0 aliphatic rings. The Morgan fingerprint density at radius 3 is 2.18 bits per heavy atom. The first-order valence-corrected chi connectivity index (χ1v) is 6.01. The first-order valence-electron chi connectivity index (χ1n) is 6.01. The van der Waals surface area contributed by atoms with E-state index in [0.29, 0.717) is 11.8 Å². The smallest absolute Gasteiger partial charge is 0.152 e. The minimum absolute atomic E-state index is 0.397. The summed E-state index contributed by atoms with van der Waals surface area (Å²) in [5, 5.41) is 3.71. The minimum atomic E-state index is 0.397. The van der Waals surface area contributed by atoms with Gasteiger partial charge in [0.1, 0.15) is 0 Å². The third-order valence-corrected chi connectivity index (χ3v) is 2.08. The van der Waals surface area contributed by atoms with Crippen molar-refractivity contribution in [3.05, 3.63) is 35.4 Å². The fraction of sp³-hybridized carbons (Fsp3) is 0.462. The van der Waals surface area contributed by atoms with Crippen molar-refractivity contribution in [2.45, 2.75) is 34.1 Å². The van der Waals surface area contributed by atoms with Gasteiger partial charge in [0, 0.05) is 5.56 Å². The Balaban J connectivity index is 0.00000121. The summed E-state index contributed by atoms with van der Waals surface area (Å²) in [4.78, 5) is 0. The number of hydrazine groups is 1. The van der Waals surface area contributed by atoms with E-state index in [2.05, 4.69) is 36.6 Å². The molecule has 0 saturated heterocycles. The normalized spacial score (nSPS) is 10.8. The lowest BCUT2D eigenvalue weighted by Gasteiger charge is -2.06. The molecule has 0 spiro atoms. The van der Waals surface area contributed by atoms with Crippen molar-refractivity contribution < 1.29 is 0 Å². The molecule has 5 N–H and O–H groups in total. The zero-order valence-electron chi connectivity index (χ0n) is 11.2. The van der Waals surface area contributed by atoms with Crippen LogP contribution in [0.2, 0.25) is 0 Å². The zero-order valence-corrected chi connectivity index (χ0v) is 11.2. The van der Waals surface area contributed by atoms with Gasteiger partial charge in [0.2, 0.25) is 0 Å². The summed E-state index contributed by atoms with van der Waals surface area (Å²) in [6.07, 6.45) is 1.08. The van der Waals surface area contributed by atoms with Crippen LogP contribution in [0.5, 0.6) is 0 Å². The van der Waals surface area contributed by atoms with Gasteiger partial charge in [-0.1, -0.05) is 52.0 Å². The van der Waals surface area contributed by atoms with Crippen molar-refractivity contribution in [3.63, 3.8) is 0 Å². The molecule has 4 heteroatoms. The summed E-state index contributed by atoms with van der Waals surface area (Å²) in [5.41, 5.74) is 10.0. The second kappa shape index (κ2) is 8.58. The number of amidine groups is 1. The van der Waals surface area contributed by atoms with Gasteiger partial charge in [0.25, 0.3) is 0 Å². The maximum absolute atomic E-state index is 5.66. The van der Waals surface area contributed by atoms with Gasteiger partial charge in [-0.05, 0) is 17.9 Å². The Hall–Kier alpha value is -1.55. The highest BCUT2D eigenvalue weighted by Crippen LogP contribution is 2.09. The Kier molecular flexibility index (Phi) is 7.80. The van der Waals surface area contributed by atoms with Crippen LogP contribution in [0.1, 0.15) is 38.8 Å². The monoisotopic (exact) mass is 236 g/mol. The quantitative estimate of drug-likeness (QED) is 0.324. The molecule has 4 nitrogen and oxygen atoms in total. The average molecular weight is 236 g/mol. The number of nitrogens with one attached hydrogen (secondary N) is 1. The number of rotatable bonds is 4. The molecule has 96 valence electrons. The molecule has 1 aromatic carbocycles. The third-order valence-electron chi connectivity index (χ3n) is 2.08. The lowest BCUT2D eigenvalue weighted by Crippen LogP contribution is -2.22. The summed E-state index contributed by atoms with van der Waals surface area (Å²) in [5.74, 6) is 6.10. The molecule has 0 aliphatic heterocycles. The topological polar surface area (TPSA) is 76.4 Å². The van der Waals surface area contributed by atoms with Crippen molar-refractivity contribution in [2.24, 2.45) is 22.6 Å². The largest absolute Gasteiger partial charge is 0.382 e. The van der Waals surface area contributed by atoms with Crippen LogP contribution in [-0.2, 0) is 6.42 Å². The van der Waals surface area contributed by atoms with Crippen molar-refractivity contribution in [2.75, 3.05) is 0 Å². The molecule has 0 radical (unpaired) electrons. The van der Waals surface area contributed by atoms with Gasteiger partial charge in [-0.3, -0.25) is 0 Å². The second-order valence-corrected chi connectivity index (χ2v) is 3.92. The number of benzene rings is 1. The summed E-state index contributed by atoms with van der Waals surface area (Å²) >= 11 is 0. The van der Waals surface area contributed by atoms with Crippen LogP contribution in [0.15, 0.2) is 29.4 Å². The van der Waals surface area contributed by atoms with E-state index in [-0.39, 0.29) is 0 Å². The van der Waals surface area contributed by atoms with Gasteiger partial charge in [-0.15, -0.1) is 5.10 Å². The maximum atomic E-state index is 5.66. The van der Waals surface area contributed by atoms with E-state index < -0.39 is 0 Å². The van der Waals surface area contributed by atoms with E-state index in [9.17, 15) is 0 Å². The highest BCUT2D eigenvalue weighted by molar-refractivity contribution is 5.97. The van der Waals surface area contributed by atoms with Crippen LogP contribution in [0.4, 0.5) is 0 Å². The first-order chi connectivity index (χ1) is 8.13. The lowest BCUT2D eigenvalue weighted by molar-refractivity contribution is 0.647. The summed E-state index contributed by atoms with van der Waals surface area (Å²) in [6, 6.07) is 8.03. The second-order valence-electron chi connectivity index (χ2n) is 3.92. The SMILES string of the molecule is CC.CC(C)Cc1ccc(/C(N)=N/NN)cc1.